The first-order valence-corrected chi connectivity index (χ1v) is 5.02. The van der Waals surface area contributed by atoms with E-state index in [2.05, 4.69) is 9.97 Å². The Hall–Kier alpha value is -2.31. The molecule has 0 saturated carbocycles. The smallest absolute Gasteiger partial charge is 0.335 e. The normalized spacial score (nSPS) is 11.1. The molecule has 1 aromatic carbocycles. The van der Waals surface area contributed by atoms with Gasteiger partial charge in [0.2, 0.25) is 6.43 Å². The molecule has 5 nitrogen and oxygen atoms in total. The summed E-state index contributed by atoms with van der Waals surface area (Å²) in [5.74, 6) is -1.14. The largest absolute Gasteiger partial charge is 0.478 e. The van der Waals surface area contributed by atoms with Crippen molar-refractivity contribution in [2.75, 3.05) is 0 Å². The topological polar surface area (TPSA) is 83.0 Å². The number of benzene rings is 1. The number of fused-ring (bicyclic) bond motifs is 1. The fraction of sp³-hybridized carbons (Fsp3) is 0.182. The van der Waals surface area contributed by atoms with Crippen LogP contribution in [0.25, 0.3) is 11.0 Å². The van der Waals surface area contributed by atoms with Crippen LogP contribution in [0.3, 0.4) is 0 Å². The van der Waals surface area contributed by atoms with E-state index >= 15 is 0 Å². The Labute approximate surface area is 99.1 Å². The molecule has 0 spiro atoms. The van der Waals surface area contributed by atoms with Crippen LogP contribution in [0.15, 0.2) is 23.0 Å². The number of aromatic carboxylic acids is 1. The molecule has 0 amide bonds. The molecular formula is C11H8F2N2O3. The van der Waals surface area contributed by atoms with Crippen molar-refractivity contribution >= 4 is 17.0 Å². The van der Waals surface area contributed by atoms with Gasteiger partial charge in [0.1, 0.15) is 5.69 Å². The Kier molecular flexibility index (Phi) is 3.05. The summed E-state index contributed by atoms with van der Waals surface area (Å²) in [7, 11) is 0. The molecule has 2 N–H and O–H groups in total. The molecule has 0 saturated heterocycles. The number of carboxylic acids is 1. The highest BCUT2D eigenvalue weighted by Gasteiger charge is 2.12. The molecule has 2 rings (SSSR count). The number of carbonyl (C=O) groups is 1. The minimum atomic E-state index is -2.66. The molecule has 0 aliphatic carbocycles. The van der Waals surface area contributed by atoms with E-state index in [0.29, 0.717) is 0 Å². The van der Waals surface area contributed by atoms with Crippen molar-refractivity contribution < 1.29 is 18.7 Å². The van der Waals surface area contributed by atoms with Crippen LogP contribution in [0.1, 0.15) is 16.1 Å². The number of carboxylic acid groups (broad SMARTS) is 1. The molecule has 18 heavy (non-hydrogen) atoms. The highest BCUT2D eigenvalue weighted by Crippen LogP contribution is 2.11. The first-order valence-electron chi connectivity index (χ1n) is 5.02. The van der Waals surface area contributed by atoms with Gasteiger partial charge in [0.05, 0.1) is 23.0 Å². The summed E-state index contributed by atoms with van der Waals surface area (Å²) >= 11 is 0. The Morgan fingerprint density at radius 2 is 2.17 bits per heavy atom. The molecule has 7 heteroatoms. The van der Waals surface area contributed by atoms with Crippen molar-refractivity contribution in [1.82, 2.24) is 9.97 Å². The molecule has 94 valence electrons. The van der Waals surface area contributed by atoms with Crippen LogP contribution >= 0.6 is 0 Å². The summed E-state index contributed by atoms with van der Waals surface area (Å²) in [6.45, 7) is 0. The average molecular weight is 254 g/mol. The number of aromatic amines is 1. The molecule has 0 bridgehead atoms. The minimum Gasteiger partial charge on any atom is -0.478 e. The Bertz CT molecular complexity index is 667. The maximum absolute atomic E-state index is 12.2. The van der Waals surface area contributed by atoms with E-state index in [-0.39, 0.29) is 22.3 Å². The van der Waals surface area contributed by atoms with Crippen LogP contribution in [-0.4, -0.2) is 27.5 Å². The van der Waals surface area contributed by atoms with E-state index < -0.39 is 24.4 Å². The fourth-order valence-corrected chi connectivity index (χ4v) is 1.54. The van der Waals surface area contributed by atoms with Crippen LogP contribution in [-0.2, 0) is 6.42 Å². The van der Waals surface area contributed by atoms with Gasteiger partial charge in [0.15, 0.2) is 0 Å². The number of aromatic nitrogens is 2. The summed E-state index contributed by atoms with van der Waals surface area (Å²) in [6, 6.07) is 3.89. The number of hydrogen-bond donors (Lipinski definition) is 2. The second-order valence-electron chi connectivity index (χ2n) is 3.64. The number of alkyl halides is 2. The molecule has 1 aromatic heterocycles. The summed E-state index contributed by atoms with van der Waals surface area (Å²) in [4.78, 5) is 28.3. The molecule has 0 unspecified atom stereocenters. The molecule has 1 heterocycles. The molecule has 0 radical (unpaired) electrons. The predicted molar refractivity (Wildman–Crippen MR) is 59.0 cm³/mol. The van der Waals surface area contributed by atoms with Crippen molar-refractivity contribution in [3.05, 3.63) is 39.8 Å². The second-order valence-corrected chi connectivity index (χ2v) is 3.64. The van der Waals surface area contributed by atoms with E-state index in [9.17, 15) is 18.4 Å². The maximum Gasteiger partial charge on any atom is 0.335 e. The first kappa shape index (κ1) is 12.2. The minimum absolute atomic E-state index is 0.0124. The van der Waals surface area contributed by atoms with E-state index in [1.807, 2.05) is 0 Å². The van der Waals surface area contributed by atoms with Gasteiger partial charge >= 0.3 is 5.97 Å². The van der Waals surface area contributed by atoms with Gasteiger partial charge in [-0.3, -0.25) is 4.79 Å². The Morgan fingerprint density at radius 3 is 2.78 bits per heavy atom. The SMILES string of the molecule is O=C(O)c1ccc2nc(CC(F)F)c(=O)[nH]c2c1. The van der Waals surface area contributed by atoms with E-state index in [0.717, 1.165) is 0 Å². The number of rotatable bonds is 3. The van der Waals surface area contributed by atoms with Crippen LogP contribution in [0.4, 0.5) is 8.78 Å². The molecule has 0 fully saturated rings. The predicted octanol–water partition coefficient (Wildman–Crippen LogP) is 1.43. The van der Waals surface area contributed by atoms with Crippen molar-refractivity contribution in [2.45, 2.75) is 12.8 Å². The Morgan fingerprint density at radius 1 is 1.44 bits per heavy atom. The number of nitrogens with one attached hydrogen (secondary N) is 1. The summed E-state index contributed by atoms with van der Waals surface area (Å²) < 4.78 is 24.4. The second kappa shape index (κ2) is 4.52. The van der Waals surface area contributed by atoms with Gasteiger partial charge < -0.3 is 10.1 Å². The monoisotopic (exact) mass is 254 g/mol. The van der Waals surface area contributed by atoms with Crippen molar-refractivity contribution in [3.8, 4) is 0 Å². The van der Waals surface area contributed by atoms with Gasteiger partial charge in [-0.15, -0.1) is 0 Å². The standard InChI is InChI=1S/C11H8F2N2O3/c12-9(13)4-8-10(16)15-7-3-5(11(17)18)1-2-6(7)14-8/h1-3,9H,4H2,(H,15,16)(H,17,18). The maximum atomic E-state index is 12.2. The van der Waals surface area contributed by atoms with Gasteiger partial charge in [-0.25, -0.2) is 18.6 Å². The fourth-order valence-electron chi connectivity index (χ4n) is 1.54. The number of nitrogens with zero attached hydrogens (tertiary/aromatic N) is 1. The van der Waals surface area contributed by atoms with Gasteiger partial charge in [0, 0.05) is 0 Å². The van der Waals surface area contributed by atoms with Gasteiger partial charge in [0.25, 0.3) is 5.56 Å². The number of H-pyrrole nitrogens is 1. The molecule has 0 atom stereocenters. The van der Waals surface area contributed by atoms with E-state index in [4.69, 9.17) is 5.11 Å². The van der Waals surface area contributed by atoms with E-state index in [1.54, 1.807) is 0 Å². The summed E-state index contributed by atoms with van der Waals surface area (Å²) in [6.07, 6.45) is -3.39. The third-order valence-electron chi connectivity index (χ3n) is 2.36. The lowest BCUT2D eigenvalue weighted by Crippen LogP contribution is -2.18. The third kappa shape index (κ3) is 2.34. The molecule has 0 aliphatic heterocycles. The lowest BCUT2D eigenvalue weighted by Gasteiger charge is -2.03. The van der Waals surface area contributed by atoms with Crippen LogP contribution in [0, 0.1) is 0 Å². The summed E-state index contributed by atoms with van der Waals surface area (Å²) in [5.41, 5.74) is -0.527. The van der Waals surface area contributed by atoms with Crippen LogP contribution < -0.4 is 5.56 Å². The molecule has 2 aromatic rings. The quantitative estimate of drug-likeness (QED) is 0.867. The first-order chi connectivity index (χ1) is 8.47. The van der Waals surface area contributed by atoms with Gasteiger partial charge in [-0.1, -0.05) is 0 Å². The zero-order valence-electron chi connectivity index (χ0n) is 8.98. The highest BCUT2D eigenvalue weighted by atomic mass is 19.3. The Balaban J connectivity index is 2.57. The zero-order chi connectivity index (χ0) is 13.3. The molecular weight excluding hydrogens is 246 g/mol. The highest BCUT2D eigenvalue weighted by molar-refractivity contribution is 5.92. The van der Waals surface area contributed by atoms with Gasteiger partial charge in [-0.2, -0.15) is 0 Å². The van der Waals surface area contributed by atoms with Crippen molar-refractivity contribution in [2.24, 2.45) is 0 Å². The van der Waals surface area contributed by atoms with E-state index in [1.165, 1.54) is 18.2 Å². The lowest BCUT2D eigenvalue weighted by atomic mass is 10.2. The van der Waals surface area contributed by atoms with Crippen LogP contribution in [0.2, 0.25) is 0 Å². The third-order valence-corrected chi connectivity index (χ3v) is 2.36. The number of halogens is 2. The zero-order valence-corrected chi connectivity index (χ0v) is 8.98. The van der Waals surface area contributed by atoms with Crippen molar-refractivity contribution in [1.29, 1.82) is 0 Å². The van der Waals surface area contributed by atoms with Crippen molar-refractivity contribution in [3.63, 3.8) is 0 Å². The number of hydrogen-bond acceptors (Lipinski definition) is 3. The molecule has 0 aliphatic rings. The van der Waals surface area contributed by atoms with Crippen LogP contribution in [0.5, 0.6) is 0 Å². The van der Waals surface area contributed by atoms with Gasteiger partial charge in [-0.05, 0) is 18.2 Å². The lowest BCUT2D eigenvalue weighted by molar-refractivity contribution is 0.0697. The average Bonchev–Trinajstić information content (AvgIpc) is 2.28. The summed E-state index contributed by atoms with van der Waals surface area (Å²) in [5, 5.41) is 8.78.